The molecule has 3 nitrogen and oxygen atoms in total. The second kappa shape index (κ2) is 9.47. The third kappa shape index (κ3) is 5.39. The van der Waals surface area contributed by atoms with Crippen molar-refractivity contribution in [2.45, 2.75) is 20.8 Å². The van der Waals surface area contributed by atoms with Gasteiger partial charge in [0.15, 0.2) is 0 Å². The summed E-state index contributed by atoms with van der Waals surface area (Å²) in [4.78, 5) is 8.57. The number of pyridine rings is 1. The Labute approximate surface area is 162 Å². The molecule has 1 atom stereocenters. The van der Waals surface area contributed by atoms with Crippen molar-refractivity contribution in [1.29, 1.82) is 0 Å². The number of nitrogens with one attached hydrogen (secondary N) is 1. The Morgan fingerprint density at radius 3 is 2.69 bits per heavy atom. The summed E-state index contributed by atoms with van der Waals surface area (Å²) in [6.07, 6.45) is 7.34. The van der Waals surface area contributed by atoms with Gasteiger partial charge in [0.2, 0.25) is 0 Å². The highest BCUT2D eigenvalue weighted by Crippen LogP contribution is 2.29. The quantitative estimate of drug-likeness (QED) is 0.359. The summed E-state index contributed by atoms with van der Waals surface area (Å²) >= 11 is 5.93. The van der Waals surface area contributed by atoms with Crippen molar-refractivity contribution in [3.05, 3.63) is 82.4 Å². The third-order valence-electron chi connectivity index (χ3n) is 3.71. The van der Waals surface area contributed by atoms with E-state index in [-0.39, 0.29) is 0 Å². The van der Waals surface area contributed by atoms with Crippen molar-refractivity contribution >= 4 is 44.1 Å². The zero-order valence-electron chi connectivity index (χ0n) is 15.3. The summed E-state index contributed by atoms with van der Waals surface area (Å²) in [6, 6.07) is 9.84. The highest BCUT2D eigenvalue weighted by atomic mass is 35.5. The van der Waals surface area contributed by atoms with E-state index in [0.29, 0.717) is 5.15 Å². The van der Waals surface area contributed by atoms with Gasteiger partial charge in [0.25, 0.3) is 0 Å². The normalized spacial score (nSPS) is 12.5. The third-order valence-corrected chi connectivity index (χ3v) is 4.19. The van der Waals surface area contributed by atoms with Crippen LogP contribution in [-0.4, -0.2) is 11.2 Å². The molecule has 134 valence electrons. The molecule has 2 aromatic rings. The van der Waals surface area contributed by atoms with Gasteiger partial charge >= 0.3 is 0 Å². The van der Waals surface area contributed by atoms with Crippen LogP contribution in [0.2, 0.25) is 5.15 Å². The highest BCUT2D eigenvalue weighted by Gasteiger charge is 2.08. The van der Waals surface area contributed by atoms with E-state index in [1.165, 1.54) is 0 Å². The molecule has 26 heavy (non-hydrogen) atoms. The zero-order valence-corrected chi connectivity index (χ0v) is 17.2. The lowest BCUT2D eigenvalue weighted by Crippen LogP contribution is -1.99. The van der Waals surface area contributed by atoms with Crippen LogP contribution >= 0.6 is 20.8 Å². The maximum absolute atomic E-state index is 5.93. The highest BCUT2D eigenvalue weighted by molar-refractivity contribution is 7.22. The summed E-state index contributed by atoms with van der Waals surface area (Å²) in [5, 5.41) is 4.80. The van der Waals surface area contributed by atoms with Crippen LogP contribution in [0.1, 0.15) is 30.5 Å². The van der Waals surface area contributed by atoms with E-state index in [1.807, 2.05) is 44.3 Å². The minimum atomic E-state index is 0.444. The smallest absolute Gasteiger partial charge is 0.131 e. The second-order valence-electron chi connectivity index (χ2n) is 5.84. The molecule has 0 bridgehead atoms. The summed E-state index contributed by atoms with van der Waals surface area (Å²) in [7, 11) is 2.73. The van der Waals surface area contributed by atoms with Gasteiger partial charge in [0.1, 0.15) is 5.15 Å². The molecule has 0 aliphatic carbocycles. The molecule has 0 spiro atoms. The number of allylic oxidation sites excluding steroid dienone is 3. The number of hydrogen-bond acceptors (Lipinski definition) is 3. The lowest BCUT2D eigenvalue weighted by molar-refractivity contribution is 1.32. The first kappa shape index (κ1) is 20.1. The van der Waals surface area contributed by atoms with E-state index in [4.69, 9.17) is 11.6 Å². The molecule has 1 aromatic heterocycles. The van der Waals surface area contributed by atoms with Gasteiger partial charge in [-0.3, -0.25) is 4.99 Å². The van der Waals surface area contributed by atoms with E-state index in [0.717, 1.165) is 39.1 Å². The number of aliphatic imine (C=N–C) groups is 1. The number of hydrogen-bond donors (Lipinski definition) is 1. The van der Waals surface area contributed by atoms with E-state index in [1.54, 1.807) is 12.3 Å². The van der Waals surface area contributed by atoms with Crippen molar-refractivity contribution in [2.24, 2.45) is 4.99 Å². The SMILES string of the molecule is C=C(Nc1ccnc(Cl)c1)c1ccc(C(/N=C\C=C/C)=C(/C)P)c(C)c1. The second-order valence-corrected chi connectivity index (χ2v) is 7.09. The largest absolute Gasteiger partial charge is 0.355 e. The Kier molecular flexibility index (Phi) is 7.32. The van der Waals surface area contributed by atoms with Gasteiger partial charge in [-0.05, 0) is 61.5 Å². The summed E-state index contributed by atoms with van der Waals surface area (Å²) in [6.45, 7) is 10.2. The number of rotatable bonds is 6. The van der Waals surface area contributed by atoms with Crippen LogP contribution in [0, 0.1) is 6.92 Å². The molecular formula is C21H23ClN3P. The van der Waals surface area contributed by atoms with Crippen LogP contribution in [0.3, 0.4) is 0 Å². The Hall–Kier alpha value is -2.22. The Morgan fingerprint density at radius 2 is 2.08 bits per heavy atom. The zero-order chi connectivity index (χ0) is 19.1. The Bertz CT molecular complexity index is 894. The topological polar surface area (TPSA) is 37.3 Å². The first-order valence-electron chi connectivity index (χ1n) is 8.23. The first-order chi connectivity index (χ1) is 12.4. The molecule has 0 amide bonds. The van der Waals surface area contributed by atoms with Crippen molar-refractivity contribution < 1.29 is 0 Å². The molecule has 0 saturated carbocycles. The van der Waals surface area contributed by atoms with Crippen molar-refractivity contribution in [2.75, 3.05) is 5.32 Å². The molecule has 2 rings (SSSR count). The minimum Gasteiger partial charge on any atom is -0.355 e. The number of benzene rings is 1. The van der Waals surface area contributed by atoms with Gasteiger partial charge < -0.3 is 5.32 Å². The monoisotopic (exact) mass is 383 g/mol. The van der Waals surface area contributed by atoms with E-state index < -0.39 is 0 Å². The minimum absolute atomic E-state index is 0.444. The average molecular weight is 384 g/mol. The number of aryl methyl sites for hydroxylation is 1. The first-order valence-corrected chi connectivity index (χ1v) is 9.18. The van der Waals surface area contributed by atoms with Crippen LogP contribution in [0.4, 0.5) is 5.69 Å². The van der Waals surface area contributed by atoms with Gasteiger partial charge in [-0.2, -0.15) is 0 Å². The predicted octanol–water partition coefficient (Wildman–Crippen LogP) is 6.34. The van der Waals surface area contributed by atoms with Gasteiger partial charge in [0.05, 0.1) is 5.70 Å². The number of anilines is 1. The molecule has 0 aliphatic rings. The lowest BCUT2D eigenvalue weighted by atomic mass is 10.0. The van der Waals surface area contributed by atoms with Gasteiger partial charge in [-0.1, -0.05) is 36.4 Å². The molecule has 1 aromatic carbocycles. The van der Waals surface area contributed by atoms with Gasteiger partial charge in [0, 0.05) is 29.4 Å². The summed E-state index contributed by atoms with van der Waals surface area (Å²) in [5.74, 6) is 0. The standard InChI is InChI=1S/C21H23ClN3P/c1-5-6-10-24-21(16(4)26)19-8-7-17(12-14(19)2)15(3)25-18-9-11-23-20(22)13-18/h5-13H,3,26H2,1-2,4H3,(H,23,25)/b6-5-,21-16+,24-10-. The number of aromatic nitrogens is 1. The maximum Gasteiger partial charge on any atom is 0.131 e. The summed E-state index contributed by atoms with van der Waals surface area (Å²) < 4.78 is 0. The van der Waals surface area contributed by atoms with Gasteiger partial charge in [-0.15, -0.1) is 9.24 Å². The van der Waals surface area contributed by atoms with Crippen LogP contribution in [0.5, 0.6) is 0 Å². The Morgan fingerprint density at radius 1 is 1.31 bits per heavy atom. The molecule has 5 heteroatoms. The number of halogens is 1. The summed E-state index contributed by atoms with van der Waals surface area (Å²) in [5.41, 5.74) is 5.85. The molecule has 0 saturated heterocycles. The fraction of sp³-hybridized carbons (Fsp3) is 0.143. The predicted molar refractivity (Wildman–Crippen MR) is 119 cm³/mol. The van der Waals surface area contributed by atoms with E-state index in [9.17, 15) is 0 Å². The fourth-order valence-corrected chi connectivity index (χ4v) is 2.84. The van der Waals surface area contributed by atoms with Crippen molar-refractivity contribution in [3.63, 3.8) is 0 Å². The molecule has 0 aliphatic heterocycles. The molecule has 1 N–H and O–H groups in total. The van der Waals surface area contributed by atoms with Crippen LogP contribution in [-0.2, 0) is 0 Å². The van der Waals surface area contributed by atoms with Crippen LogP contribution < -0.4 is 5.32 Å². The molecule has 0 fully saturated rings. The van der Waals surface area contributed by atoms with Gasteiger partial charge in [-0.25, -0.2) is 4.98 Å². The Balaban J connectivity index is 2.28. The van der Waals surface area contributed by atoms with Crippen LogP contribution in [0.15, 0.2) is 65.6 Å². The fourth-order valence-electron chi connectivity index (χ4n) is 2.43. The van der Waals surface area contributed by atoms with E-state index >= 15 is 0 Å². The van der Waals surface area contributed by atoms with Crippen LogP contribution in [0.25, 0.3) is 11.4 Å². The maximum atomic E-state index is 5.93. The molecule has 1 heterocycles. The van der Waals surface area contributed by atoms with Crippen molar-refractivity contribution in [1.82, 2.24) is 4.98 Å². The van der Waals surface area contributed by atoms with E-state index in [2.05, 4.69) is 50.2 Å². The van der Waals surface area contributed by atoms with Crippen molar-refractivity contribution in [3.8, 4) is 0 Å². The average Bonchev–Trinajstić information content (AvgIpc) is 2.59. The lowest BCUT2D eigenvalue weighted by Gasteiger charge is -2.14. The molecule has 0 radical (unpaired) electrons. The molecular weight excluding hydrogens is 361 g/mol. The molecule has 1 unspecified atom stereocenters. The number of nitrogens with zero attached hydrogens (tertiary/aromatic N) is 2.